The van der Waals surface area contributed by atoms with Crippen LogP contribution in [0.4, 0.5) is 10.1 Å². The number of nitrogens with one attached hydrogen (secondary N) is 3. The molecule has 2 unspecified atom stereocenters. The summed E-state index contributed by atoms with van der Waals surface area (Å²) in [7, 11) is 0. The summed E-state index contributed by atoms with van der Waals surface area (Å²) in [6.45, 7) is 8.67. The fraction of sp³-hybridized carbons (Fsp3) is 0.357. The molecular weight excluding hydrogens is 523 g/mol. The number of amides is 2. The van der Waals surface area contributed by atoms with Crippen molar-refractivity contribution >= 4 is 50.9 Å². The van der Waals surface area contributed by atoms with Crippen molar-refractivity contribution in [1.29, 1.82) is 0 Å². The lowest BCUT2D eigenvalue weighted by Gasteiger charge is -2.43. The highest BCUT2D eigenvalue weighted by Gasteiger charge is 2.38. The van der Waals surface area contributed by atoms with E-state index in [1.165, 1.54) is 6.20 Å². The number of fused-ring (bicyclic) bond motifs is 3. The Hall–Kier alpha value is -3.60. The number of anilines is 1. The minimum Gasteiger partial charge on any atom is -0.372 e. The predicted octanol–water partition coefficient (Wildman–Crippen LogP) is 4.45. The second kappa shape index (κ2) is 10.5. The lowest BCUT2D eigenvalue weighted by molar-refractivity contribution is -0.143. The summed E-state index contributed by atoms with van der Waals surface area (Å²) in [5.41, 5.74) is 2.15. The van der Waals surface area contributed by atoms with E-state index in [4.69, 9.17) is 16.3 Å². The number of H-pyrrole nitrogens is 1. The van der Waals surface area contributed by atoms with Gasteiger partial charge < -0.3 is 20.4 Å². The van der Waals surface area contributed by atoms with E-state index < -0.39 is 17.5 Å². The van der Waals surface area contributed by atoms with Crippen LogP contribution >= 0.6 is 11.6 Å². The number of morpholine rings is 1. The molecule has 0 bridgehead atoms. The van der Waals surface area contributed by atoms with E-state index in [-0.39, 0.29) is 24.5 Å². The molecule has 1 aliphatic rings. The zero-order valence-corrected chi connectivity index (χ0v) is 22.9. The van der Waals surface area contributed by atoms with Crippen LogP contribution in [0.15, 0.2) is 42.9 Å². The molecule has 4 heterocycles. The van der Waals surface area contributed by atoms with Gasteiger partial charge >= 0.3 is 0 Å². The van der Waals surface area contributed by atoms with E-state index in [0.717, 1.165) is 6.20 Å². The van der Waals surface area contributed by atoms with Gasteiger partial charge in [-0.3, -0.25) is 24.5 Å². The Bertz CT molecular complexity index is 1570. The van der Waals surface area contributed by atoms with Gasteiger partial charge in [-0.15, -0.1) is 0 Å². The highest BCUT2D eigenvalue weighted by Crippen LogP contribution is 2.35. The lowest BCUT2D eigenvalue weighted by atomic mass is 10.0. The number of aromatic nitrogens is 3. The standard InChI is InChI=1S/C28H30ClFN6O3/c1-15(33-26(37)18-6-5-7-32-16(18)2)12-36-14-28(3,4)39-13-23(36)27(38)35-21-9-17(29)8-19-24-20(30)10-31-11-22(24)34-25(19)21/h5-11,15,23,34H,12-14H2,1-4H3,(H,33,37)(H,35,38). The Morgan fingerprint density at radius 3 is 2.90 bits per heavy atom. The van der Waals surface area contributed by atoms with E-state index in [2.05, 4.69) is 25.6 Å². The third kappa shape index (κ3) is 5.59. The Morgan fingerprint density at radius 2 is 2.13 bits per heavy atom. The maximum Gasteiger partial charge on any atom is 0.253 e. The molecule has 39 heavy (non-hydrogen) atoms. The Balaban J connectivity index is 1.37. The highest BCUT2D eigenvalue weighted by molar-refractivity contribution is 6.33. The van der Waals surface area contributed by atoms with E-state index in [1.807, 2.05) is 25.7 Å². The van der Waals surface area contributed by atoms with Crippen molar-refractivity contribution < 1.29 is 18.7 Å². The zero-order chi connectivity index (χ0) is 27.9. The van der Waals surface area contributed by atoms with Gasteiger partial charge in [0.25, 0.3) is 5.91 Å². The maximum absolute atomic E-state index is 14.6. The van der Waals surface area contributed by atoms with Gasteiger partial charge in [0.05, 0.1) is 46.9 Å². The molecule has 2 amide bonds. The molecule has 1 aliphatic heterocycles. The third-order valence-electron chi connectivity index (χ3n) is 6.89. The van der Waals surface area contributed by atoms with E-state index in [9.17, 15) is 14.0 Å². The Morgan fingerprint density at radius 1 is 1.33 bits per heavy atom. The number of carbonyl (C=O) groups excluding carboxylic acids is 2. The normalized spacial score (nSPS) is 18.3. The first kappa shape index (κ1) is 27.0. The number of ether oxygens (including phenoxy) is 1. The largest absolute Gasteiger partial charge is 0.372 e. The summed E-state index contributed by atoms with van der Waals surface area (Å²) in [5.74, 6) is -0.999. The average molecular weight is 553 g/mol. The average Bonchev–Trinajstić information content (AvgIpc) is 3.23. The molecule has 1 saturated heterocycles. The highest BCUT2D eigenvalue weighted by atomic mass is 35.5. The molecule has 3 N–H and O–H groups in total. The summed E-state index contributed by atoms with van der Waals surface area (Å²) in [4.78, 5) is 39.7. The Kier molecular flexibility index (Phi) is 7.28. The van der Waals surface area contributed by atoms with E-state index in [1.54, 1.807) is 37.4 Å². The second-order valence-electron chi connectivity index (χ2n) is 10.6. The van der Waals surface area contributed by atoms with Gasteiger partial charge in [0.15, 0.2) is 5.82 Å². The molecule has 0 spiro atoms. The molecule has 5 rings (SSSR count). The number of nitrogens with zero attached hydrogens (tertiary/aromatic N) is 3. The van der Waals surface area contributed by atoms with Crippen LogP contribution in [0.2, 0.25) is 5.02 Å². The van der Waals surface area contributed by atoms with Crippen molar-refractivity contribution in [3.05, 3.63) is 65.0 Å². The first-order valence-electron chi connectivity index (χ1n) is 12.7. The number of hydrogen-bond acceptors (Lipinski definition) is 6. The molecular formula is C28H30ClFN6O3. The van der Waals surface area contributed by atoms with Crippen LogP contribution in [0.5, 0.6) is 0 Å². The molecule has 0 saturated carbocycles. The van der Waals surface area contributed by atoms with Gasteiger partial charge in [0.1, 0.15) is 6.04 Å². The third-order valence-corrected chi connectivity index (χ3v) is 7.10. The van der Waals surface area contributed by atoms with Crippen LogP contribution in [-0.2, 0) is 9.53 Å². The monoisotopic (exact) mass is 552 g/mol. The number of aryl methyl sites for hydroxylation is 1. The van der Waals surface area contributed by atoms with Crippen molar-refractivity contribution in [2.75, 3.05) is 25.0 Å². The summed E-state index contributed by atoms with van der Waals surface area (Å²) in [6, 6.07) is 5.84. The molecule has 0 radical (unpaired) electrons. The first-order chi connectivity index (χ1) is 18.5. The van der Waals surface area contributed by atoms with Gasteiger partial charge in [-0.1, -0.05) is 11.6 Å². The van der Waals surface area contributed by atoms with Gasteiger partial charge in [-0.05, 0) is 52.0 Å². The van der Waals surface area contributed by atoms with Crippen LogP contribution in [0.25, 0.3) is 21.8 Å². The van der Waals surface area contributed by atoms with Gasteiger partial charge in [0.2, 0.25) is 5.91 Å². The summed E-state index contributed by atoms with van der Waals surface area (Å²) < 4.78 is 20.6. The number of carbonyl (C=O) groups is 2. The van der Waals surface area contributed by atoms with Crippen LogP contribution in [0, 0.1) is 12.7 Å². The summed E-state index contributed by atoms with van der Waals surface area (Å²) in [5, 5.41) is 7.24. The molecule has 2 atom stereocenters. The molecule has 4 aromatic rings. The van der Waals surface area contributed by atoms with Crippen LogP contribution < -0.4 is 10.6 Å². The molecule has 1 fully saturated rings. The molecule has 3 aromatic heterocycles. The van der Waals surface area contributed by atoms with Crippen molar-refractivity contribution in [3.63, 3.8) is 0 Å². The summed E-state index contributed by atoms with van der Waals surface area (Å²) in [6.07, 6.45) is 4.31. The molecule has 11 heteroatoms. The molecule has 204 valence electrons. The van der Waals surface area contributed by atoms with Crippen LogP contribution in [0.1, 0.15) is 36.8 Å². The summed E-state index contributed by atoms with van der Waals surface area (Å²) >= 11 is 6.36. The van der Waals surface area contributed by atoms with Gasteiger partial charge in [-0.2, -0.15) is 0 Å². The topological polar surface area (TPSA) is 112 Å². The van der Waals surface area contributed by atoms with Crippen LogP contribution in [0.3, 0.4) is 0 Å². The van der Waals surface area contributed by atoms with E-state index in [0.29, 0.717) is 56.9 Å². The smallest absolute Gasteiger partial charge is 0.253 e. The number of rotatable bonds is 6. The SMILES string of the molecule is Cc1ncccc1C(=O)NC(C)CN1CC(C)(C)OCC1C(=O)Nc1cc(Cl)cc2c1[nH]c1cncc(F)c12. The fourth-order valence-corrected chi connectivity index (χ4v) is 5.32. The van der Waals surface area contributed by atoms with Crippen molar-refractivity contribution in [3.8, 4) is 0 Å². The number of hydrogen-bond donors (Lipinski definition) is 3. The van der Waals surface area contributed by atoms with Crippen molar-refractivity contribution in [1.82, 2.24) is 25.2 Å². The van der Waals surface area contributed by atoms with Crippen molar-refractivity contribution in [2.24, 2.45) is 0 Å². The predicted molar refractivity (Wildman–Crippen MR) is 148 cm³/mol. The minimum absolute atomic E-state index is 0.163. The number of halogens is 2. The molecule has 9 nitrogen and oxygen atoms in total. The van der Waals surface area contributed by atoms with Crippen molar-refractivity contribution in [2.45, 2.75) is 45.4 Å². The number of benzene rings is 1. The first-order valence-corrected chi connectivity index (χ1v) is 13.1. The number of aromatic amines is 1. The second-order valence-corrected chi connectivity index (χ2v) is 11.0. The zero-order valence-electron chi connectivity index (χ0n) is 22.1. The maximum atomic E-state index is 14.6. The van der Waals surface area contributed by atoms with Gasteiger partial charge in [-0.25, -0.2) is 4.39 Å². The van der Waals surface area contributed by atoms with Crippen LogP contribution in [-0.4, -0.2) is 69.0 Å². The molecule has 0 aliphatic carbocycles. The minimum atomic E-state index is -0.630. The van der Waals surface area contributed by atoms with Gasteiger partial charge in [0, 0.05) is 46.8 Å². The molecule has 1 aromatic carbocycles. The number of pyridine rings is 2. The quantitative estimate of drug-likeness (QED) is 0.326. The lowest BCUT2D eigenvalue weighted by Crippen LogP contribution is -2.60. The van der Waals surface area contributed by atoms with E-state index >= 15 is 0 Å². The fourth-order valence-electron chi connectivity index (χ4n) is 5.10. The Labute approximate surface area is 230 Å².